The minimum Gasteiger partial charge on any atom is -0.353 e. The highest BCUT2D eigenvalue weighted by Gasteiger charge is 2.44. The van der Waals surface area contributed by atoms with Crippen LogP contribution < -0.4 is 5.32 Å². The van der Waals surface area contributed by atoms with Crippen molar-refractivity contribution in [2.24, 2.45) is 5.92 Å². The predicted molar refractivity (Wildman–Crippen MR) is 104 cm³/mol. The molecule has 25 heavy (non-hydrogen) atoms. The van der Waals surface area contributed by atoms with Crippen molar-refractivity contribution in [1.82, 2.24) is 10.2 Å². The van der Waals surface area contributed by atoms with Crippen LogP contribution in [0.25, 0.3) is 0 Å². The Bertz CT molecular complexity index is 591. The molecule has 1 aromatic carbocycles. The van der Waals surface area contributed by atoms with Gasteiger partial charge in [0.1, 0.15) is 0 Å². The van der Waals surface area contributed by atoms with Crippen molar-refractivity contribution in [2.45, 2.75) is 77.3 Å². The normalized spacial score (nSPS) is 25.2. The van der Waals surface area contributed by atoms with E-state index in [1.165, 1.54) is 11.1 Å². The summed E-state index contributed by atoms with van der Waals surface area (Å²) in [5, 5.41) is 3.31. The zero-order valence-electron chi connectivity index (χ0n) is 16.5. The van der Waals surface area contributed by atoms with E-state index in [0.29, 0.717) is 18.0 Å². The summed E-state index contributed by atoms with van der Waals surface area (Å²) >= 11 is 0. The molecule has 1 N–H and O–H groups in total. The van der Waals surface area contributed by atoms with Crippen LogP contribution in [0.4, 0.5) is 0 Å². The molecule has 1 saturated heterocycles. The second-order valence-corrected chi connectivity index (χ2v) is 9.23. The lowest BCUT2D eigenvalue weighted by molar-refractivity contribution is -0.123. The van der Waals surface area contributed by atoms with E-state index in [0.717, 1.165) is 32.4 Å². The number of rotatable bonds is 4. The smallest absolute Gasteiger partial charge is 0.223 e. The molecular formula is C22H34N2O. The van der Waals surface area contributed by atoms with Crippen LogP contribution in [0, 0.1) is 5.92 Å². The van der Waals surface area contributed by atoms with Crippen LogP contribution in [-0.4, -0.2) is 36.0 Å². The standard InChI is InChI=1S/C22H34N2O/c1-15(2)24-12-10-18(11-13-24)23-21(25)20-14-19(20)16-6-8-17(9-7-16)22(3,4)5/h6-9,15,18-20H,10-14H2,1-5H3,(H,23,25)/t19-,20-/m1/s1. The molecule has 3 rings (SSSR count). The van der Waals surface area contributed by atoms with Crippen molar-refractivity contribution in [3.8, 4) is 0 Å². The second kappa shape index (κ2) is 7.11. The van der Waals surface area contributed by atoms with Gasteiger partial charge < -0.3 is 10.2 Å². The fourth-order valence-corrected chi connectivity index (χ4v) is 3.95. The predicted octanol–water partition coefficient (Wildman–Crippen LogP) is 4.08. The summed E-state index contributed by atoms with van der Waals surface area (Å²) in [6.07, 6.45) is 3.18. The van der Waals surface area contributed by atoms with Crippen LogP contribution in [0.1, 0.15) is 70.9 Å². The number of benzene rings is 1. The minimum absolute atomic E-state index is 0.184. The number of nitrogens with one attached hydrogen (secondary N) is 1. The van der Waals surface area contributed by atoms with Gasteiger partial charge in [-0.05, 0) is 55.6 Å². The number of piperidine rings is 1. The Labute approximate surface area is 153 Å². The van der Waals surface area contributed by atoms with E-state index in [1.54, 1.807) is 0 Å². The van der Waals surface area contributed by atoms with Gasteiger partial charge in [-0.15, -0.1) is 0 Å². The molecule has 2 fully saturated rings. The van der Waals surface area contributed by atoms with Crippen molar-refractivity contribution in [3.63, 3.8) is 0 Å². The van der Waals surface area contributed by atoms with Gasteiger partial charge in [0.15, 0.2) is 0 Å². The summed E-state index contributed by atoms with van der Waals surface area (Å²) in [7, 11) is 0. The van der Waals surface area contributed by atoms with Gasteiger partial charge in [-0.25, -0.2) is 0 Å². The van der Waals surface area contributed by atoms with Crippen molar-refractivity contribution < 1.29 is 4.79 Å². The number of amides is 1. The molecule has 1 aromatic rings. The summed E-state index contributed by atoms with van der Waals surface area (Å²) < 4.78 is 0. The topological polar surface area (TPSA) is 32.3 Å². The number of carbonyl (C=O) groups is 1. The lowest BCUT2D eigenvalue weighted by atomic mass is 9.86. The zero-order chi connectivity index (χ0) is 18.2. The van der Waals surface area contributed by atoms with Gasteiger partial charge in [0.2, 0.25) is 5.91 Å². The Morgan fingerprint density at radius 3 is 2.24 bits per heavy atom. The van der Waals surface area contributed by atoms with E-state index < -0.39 is 0 Å². The molecule has 2 atom stereocenters. The van der Waals surface area contributed by atoms with Gasteiger partial charge in [0, 0.05) is 31.1 Å². The Morgan fingerprint density at radius 2 is 1.72 bits per heavy atom. The fourth-order valence-electron chi connectivity index (χ4n) is 3.95. The summed E-state index contributed by atoms with van der Waals surface area (Å²) in [5.41, 5.74) is 2.86. The van der Waals surface area contributed by atoms with Crippen LogP contribution in [-0.2, 0) is 10.2 Å². The maximum atomic E-state index is 12.6. The van der Waals surface area contributed by atoms with Crippen molar-refractivity contribution in [2.75, 3.05) is 13.1 Å². The molecule has 1 aliphatic carbocycles. The summed E-state index contributed by atoms with van der Waals surface area (Å²) in [6.45, 7) is 13.4. The first-order valence-corrected chi connectivity index (χ1v) is 9.90. The van der Waals surface area contributed by atoms with Gasteiger partial charge in [-0.2, -0.15) is 0 Å². The van der Waals surface area contributed by atoms with Crippen LogP contribution >= 0.6 is 0 Å². The molecule has 0 radical (unpaired) electrons. The number of hydrogen-bond acceptors (Lipinski definition) is 2. The van der Waals surface area contributed by atoms with E-state index in [9.17, 15) is 4.79 Å². The highest BCUT2D eigenvalue weighted by atomic mass is 16.2. The van der Waals surface area contributed by atoms with Crippen LogP contribution in [0.15, 0.2) is 24.3 Å². The first kappa shape index (κ1) is 18.4. The first-order chi connectivity index (χ1) is 11.8. The second-order valence-electron chi connectivity index (χ2n) is 9.23. The minimum atomic E-state index is 0.184. The molecule has 1 aliphatic heterocycles. The van der Waals surface area contributed by atoms with Crippen LogP contribution in [0.3, 0.4) is 0 Å². The Balaban J connectivity index is 1.49. The number of likely N-dealkylation sites (tertiary alicyclic amines) is 1. The summed E-state index contributed by atoms with van der Waals surface area (Å²) in [4.78, 5) is 15.1. The Hall–Kier alpha value is -1.35. The highest BCUT2D eigenvalue weighted by molar-refractivity contribution is 5.83. The third-order valence-corrected chi connectivity index (χ3v) is 5.94. The molecule has 1 saturated carbocycles. The maximum Gasteiger partial charge on any atom is 0.223 e. The fraction of sp³-hybridized carbons (Fsp3) is 0.682. The van der Waals surface area contributed by atoms with Gasteiger partial charge in [-0.1, -0.05) is 45.0 Å². The Morgan fingerprint density at radius 1 is 1.12 bits per heavy atom. The molecule has 0 unspecified atom stereocenters. The lowest BCUT2D eigenvalue weighted by Gasteiger charge is -2.34. The maximum absolute atomic E-state index is 12.6. The molecule has 1 heterocycles. The molecule has 0 aromatic heterocycles. The zero-order valence-corrected chi connectivity index (χ0v) is 16.5. The van der Waals surface area contributed by atoms with E-state index in [4.69, 9.17) is 0 Å². The lowest BCUT2D eigenvalue weighted by Crippen LogP contribution is -2.47. The van der Waals surface area contributed by atoms with E-state index in [2.05, 4.69) is 69.1 Å². The monoisotopic (exact) mass is 342 g/mol. The average molecular weight is 343 g/mol. The SMILES string of the molecule is CC(C)N1CCC(NC(=O)[C@@H]2C[C@@H]2c2ccc(C(C)(C)C)cc2)CC1. The van der Waals surface area contributed by atoms with Gasteiger partial charge in [-0.3, -0.25) is 4.79 Å². The molecule has 3 heteroatoms. The van der Waals surface area contributed by atoms with Gasteiger partial charge in [0.05, 0.1) is 0 Å². The molecule has 3 nitrogen and oxygen atoms in total. The van der Waals surface area contributed by atoms with E-state index >= 15 is 0 Å². The van der Waals surface area contributed by atoms with Crippen LogP contribution in [0.2, 0.25) is 0 Å². The Kier molecular flexibility index (Phi) is 5.24. The molecular weight excluding hydrogens is 308 g/mol. The van der Waals surface area contributed by atoms with Gasteiger partial charge >= 0.3 is 0 Å². The molecule has 0 bridgehead atoms. The molecule has 0 spiro atoms. The van der Waals surface area contributed by atoms with Crippen LogP contribution in [0.5, 0.6) is 0 Å². The molecule has 2 aliphatic rings. The number of nitrogens with zero attached hydrogens (tertiary/aromatic N) is 1. The highest BCUT2D eigenvalue weighted by Crippen LogP contribution is 2.48. The first-order valence-electron chi connectivity index (χ1n) is 9.90. The molecule has 1 amide bonds. The summed E-state index contributed by atoms with van der Waals surface area (Å²) in [5.74, 6) is 0.876. The van der Waals surface area contributed by atoms with E-state index in [-0.39, 0.29) is 17.2 Å². The third-order valence-electron chi connectivity index (χ3n) is 5.94. The summed E-state index contributed by atoms with van der Waals surface area (Å²) in [6, 6.07) is 9.88. The quantitative estimate of drug-likeness (QED) is 0.894. The number of hydrogen-bond donors (Lipinski definition) is 1. The largest absolute Gasteiger partial charge is 0.353 e. The number of carbonyl (C=O) groups excluding carboxylic acids is 1. The van der Waals surface area contributed by atoms with Gasteiger partial charge in [0.25, 0.3) is 0 Å². The average Bonchev–Trinajstić information content (AvgIpc) is 3.35. The van der Waals surface area contributed by atoms with Crippen molar-refractivity contribution in [1.29, 1.82) is 0 Å². The van der Waals surface area contributed by atoms with Crippen molar-refractivity contribution >= 4 is 5.91 Å². The van der Waals surface area contributed by atoms with Crippen molar-refractivity contribution in [3.05, 3.63) is 35.4 Å². The molecule has 138 valence electrons. The van der Waals surface area contributed by atoms with E-state index in [1.807, 2.05) is 0 Å². The third kappa shape index (κ3) is 4.44.